The van der Waals surface area contributed by atoms with Crippen LogP contribution in [0.5, 0.6) is 0 Å². The molecule has 1 atom stereocenters. The number of nitrogens with zero attached hydrogens (tertiary/aromatic N) is 2. The predicted octanol–water partition coefficient (Wildman–Crippen LogP) is 2.94. The lowest BCUT2D eigenvalue weighted by atomic mass is 10.0. The van der Waals surface area contributed by atoms with Crippen LogP contribution in [0.3, 0.4) is 0 Å². The number of amides is 1. The molecule has 1 amide bonds. The Bertz CT molecular complexity index is 690. The Morgan fingerprint density at radius 3 is 2.73 bits per heavy atom. The van der Waals surface area contributed by atoms with E-state index in [4.69, 9.17) is 0 Å². The van der Waals surface area contributed by atoms with Gasteiger partial charge in [0.15, 0.2) is 0 Å². The van der Waals surface area contributed by atoms with Gasteiger partial charge in [0.1, 0.15) is 5.82 Å². The molecule has 1 aliphatic heterocycles. The summed E-state index contributed by atoms with van der Waals surface area (Å²) < 4.78 is 13.0. The number of H-pyrrole nitrogens is 1. The van der Waals surface area contributed by atoms with Gasteiger partial charge in [0.25, 0.3) is 0 Å². The molecule has 1 aromatic carbocycles. The molecule has 1 aliphatic carbocycles. The normalized spacial score (nSPS) is 21.3. The Kier molecular flexibility index (Phi) is 3.21. The Balaban J connectivity index is 1.47. The van der Waals surface area contributed by atoms with Crippen LogP contribution in [0.2, 0.25) is 0 Å². The largest absolute Gasteiger partial charge is 0.342 e. The van der Waals surface area contributed by atoms with Gasteiger partial charge in [0.2, 0.25) is 5.91 Å². The topological polar surface area (TPSA) is 49.0 Å². The minimum Gasteiger partial charge on any atom is -0.342 e. The second-order valence-corrected chi connectivity index (χ2v) is 6.26. The Morgan fingerprint density at radius 1 is 1.23 bits per heavy atom. The van der Waals surface area contributed by atoms with Gasteiger partial charge in [-0.15, -0.1) is 0 Å². The van der Waals surface area contributed by atoms with Gasteiger partial charge in [-0.25, -0.2) is 4.39 Å². The average Bonchev–Trinajstić information content (AvgIpc) is 3.06. The zero-order valence-corrected chi connectivity index (χ0v) is 12.3. The number of nitrogens with one attached hydrogen (secondary N) is 1. The van der Waals surface area contributed by atoms with E-state index in [1.165, 1.54) is 12.1 Å². The summed E-state index contributed by atoms with van der Waals surface area (Å²) >= 11 is 0. The number of benzene rings is 1. The maximum Gasteiger partial charge on any atom is 0.225 e. The maximum absolute atomic E-state index is 13.0. The van der Waals surface area contributed by atoms with Crippen molar-refractivity contribution in [1.82, 2.24) is 15.1 Å². The van der Waals surface area contributed by atoms with Gasteiger partial charge in [-0.1, -0.05) is 0 Å². The third kappa shape index (κ3) is 2.51. The molecule has 0 spiro atoms. The van der Waals surface area contributed by atoms with E-state index in [-0.39, 0.29) is 11.7 Å². The molecule has 1 N–H and O–H groups in total. The van der Waals surface area contributed by atoms with Crippen molar-refractivity contribution in [2.45, 2.75) is 25.2 Å². The van der Waals surface area contributed by atoms with Crippen LogP contribution in [-0.4, -0.2) is 34.1 Å². The number of aromatic nitrogens is 2. The number of carbonyl (C=O) groups excluding carboxylic acids is 1. The van der Waals surface area contributed by atoms with Gasteiger partial charge in [-0.2, -0.15) is 5.10 Å². The molecule has 1 saturated carbocycles. The van der Waals surface area contributed by atoms with E-state index >= 15 is 0 Å². The van der Waals surface area contributed by atoms with Crippen LogP contribution in [0.1, 0.15) is 30.9 Å². The first-order chi connectivity index (χ1) is 10.7. The number of halogens is 1. The highest BCUT2D eigenvalue weighted by molar-refractivity contribution is 5.81. The highest BCUT2D eigenvalue weighted by Crippen LogP contribution is 2.35. The monoisotopic (exact) mass is 299 g/mol. The van der Waals surface area contributed by atoms with E-state index in [9.17, 15) is 9.18 Å². The van der Waals surface area contributed by atoms with Crippen molar-refractivity contribution in [3.8, 4) is 11.3 Å². The highest BCUT2D eigenvalue weighted by Gasteiger charge is 2.37. The molecule has 4 rings (SSSR count). The Labute approximate surface area is 128 Å². The highest BCUT2D eigenvalue weighted by atomic mass is 19.1. The van der Waals surface area contributed by atoms with Crippen molar-refractivity contribution in [2.75, 3.05) is 13.1 Å². The number of carbonyl (C=O) groups is 1. The van der Waals surface area contributed by atoms with Gasteiger partial charge in [-0.3, -0.25) is 9.89 Å². The lowest BCUT2D eigenvalue weighted by Crippen LogP contribution is -2.29. The molecular formula is C17H18FN3O. The molecular weight excluding hydrogens is 281 g/mol. The summed E-state index contributed by atoms with van der Waals surface area (Å²) in [5, 5.41) is 7.41. The second-order valence-electron chi connectivity index (χ2n) is 6.26. The Hall–Kier alpha value is -2.17. The maximum atomic E-state index is 13.0. The standard InChI is InChI=1S/C17H18FN3O/c18-14-5-3-11(4-6-14)15-9-16(20-19-15)13-7-8-21(10-13)17(22)12-1-2-12/h3-6,9,12-13H,1-2,7-8,10H2,(H,19,20). The molecule has 1 unspecified atom stereocenters. The van der Waals surface area contributed by atoms with E-state index < -0.39 is 0 Å². The van der Waals surface area contributed by atoms with Gasteiger partial charge >= 0.3 is 0 Å². The molecule has 1 aromatic heterocycles. The van der Waals surface area contributed by atoms with Crippen LogP contribution in [0.15, 0.2) is 30.3 Å². The summed E-state index contributed by atoms with van der Waals surface area (Å²) in [7, 11) is 0. The molecule has 0 radical (unpaired) electrons. The molecule has 2 aromatic rings. The summed E-state index contributed by atoms with van der Waals surface area (Å²) in [6.45, 7) is 1.62. The molecule has 1 saturated heterocycles. The van der Waals surface area contributed by atoms with Crippen molar-refractivity contribution in [1.29, 1.82) is 0 Å². The molecule has 2 aliphatic rings. The number of hydrogen-bond donors (Lipinski definition) is 1. The summed E-state index contributed by atoms with van der Waals surface area (Å²) in [5.74, 6) is 0.685. The van der Waals surface area contributed by atoms with E-state index in [2.05, 4.69) is 10.2 Å². The first-order valence-corrected chi connectivity index (χ1v) is 7.81. The predicted molar refractivity (Wildman–Crippen MR) is 80.6 cm³/mol. The summed E-state index contributed by atoms with van der Waals surface area (Å²) in [5.41, 5.74) is 2.78. The van der Waals surface area contributed by atoms with E-state index in [0.717, 1.165) is 49.3 Å². The van der Waals surface area contributed by atoms with Crippen molar-refractivity contribution in [2.24, 2.45) is 5.92 Å². The smallest absolute Gasteiger partial charge is 0.225 e. The molecule has 5 heteroatoms. The summed E-state index contributed by atoms with van der Waals surface area (Å²) in [6.07, 6.45) is 3.08. The quantitative estimate of drug-likeness (QED) is 0.947. The van der Waals surface area contributed by atoms with Crippen LogP contribution in [0, 0.1) is 11.7 Å². The molecule has 2 heterocycles. The number of hydrogen-bond acceptors (Lipinski definition) is 2. The third-order valence-electron chi connectivity index (χ3n) is 4.60. The Morgan fingerprint density at radius 2 is 2.00 bits per heavy atom. The fraction of sp³-hybridized carbons (Fsp3) is 0.412. The van der Waals surface area contributed by atoms with Gasteiger partial charge in [0.05, 0.1) is 5.69 Å². The van der Waals surface area contributed by atoms with Crippen LogP contribution in [0.25, 0.3) is 11.3 Å². The molecule has 114 valence electrons. The van der Waals surface area contributed by atoms with Crippen molar-refractivity contribution in [3.05, 3.63) is 41.8 Å². The van der Waals surface area contributed by atoms with Crippen molar-refractivity contribution >= 4 is 5.91 Å². The number of aromatic amines is 1. The van der Waals surface area contributed by atoms with Crippen LogP contribution >= 0.6 is 0 Å². The minimum absolute atomic E-state index is 0.246. The van der Waals surface area contributed by atoms with E-state index in [1.54, 1.807) is 12.1 Å². The van der Waals surface area contributed by atoms with Crippen LogP contribution < -0.4 is 0 Å². The SMILES string of the molecule is O=C(C1CC1)N1CCC(c2cc(-c3ccc(F)cc3)n[nH]2)C1. The lowest BCUT2D eigenvalue weighted by Gasteiger charge is -2.15. The summed E-state index contributed by atoms with van der Waals surface area (Å²) in [4.78, 5) is 14.1. The zero-order chi connectivity index (χ0) is 15.1. The van der Waals surface area contributed by atoms with Gasteiger partial charge in [0, 0.05) is 36.2 Å². The molecule has 22 heavy (non-hydrogen) atoms. The minimum atomic E-state index is -0.246. The number of likely N-dealkylation sites (tertiary alicyclic amines) is 1. The first kappa shape index (κ1) is 13.5. The molecule has 4 nitrogen and oxygen atoms in total. The lowest BCUT2D eigenvalue weighted by molar-refractivity contribution is -0.131. The van der Waals surface area contributed by atoms with E-state index in [0.29, 0.717) is 11.8 Å². The second kappa shape index (κ2) is 5.23. The van der Waals surface area contributed by atoms with Gasteiger partial charge in [-0.05, 0) is 49.6 Å². The number of rotatable bonds is 3. The van der Waals surface area contributed by atoms with E-state index in [1.807, 2.05) is 11.0 Å². The average molecular weight is 299 g/mol. The zero-order valence-electron chi connectivity index (χ0n) is 12.3. The fourth-order valence-electron chi connectivity index (χ4n) is 3.12. The van der Waals surface area contributed by atoms with Crippen LogP contribution in [-0.2, 0) is 4.79 Å². The van der Waals surface area contributed by atoms with Crippen LogP contribution in [0.4, 0.5) is 4.39 Å². The molecule has 0 bridgehead atoms. The third-order valence-corrected chi connectivity index (χ3v) is 4.60. The van der Waals surface area contributed by atoms with Gasteiger partial charge < -0.3 is 4.90 Å². The fourth-order valence-corrected chi connectivity index (χ4v) is 3.12. The van der Waals surface area contributed by atoms with Crippen molar-refractivity contribution < 1.29 is 9.18 Å². The first-order valence-electron chi connectivity index (χ1n) is 7.81. The molecule has 2 fully saturated rings. The summed E-state index contributed by atoms with van der Waals surface area (Å²) in [6, 6.07) is 8.35. The van der Waals surface area contributed by atoms with Crippen molar-refractivity contribution in [3.63, 3.8) is 0 Å².